The number of nitrogens with zero attached hydrogens (tertiary/aromatic N) is 3. The zero-order valence-corrected chi connectivity index (χ0v) is 19.1. The molecular formula is C24H27N5O2S. The minimum atomic E-state index is -0.169. The number of amides is 2. The highest BCUT2D eigenvalue weighted by atomic mass is 32.2. The molecule has 8 heteroatoms. The Hall–Kier alpha value is -3.39. The zero-order valence-electron chi connectivity index (χ0n) is 18.3. The summed E-state index contributed by atoms with van der Waals surface area (Å²) in [6, 6.07) is 15.4. The fourth-order valence-electron chi connectivity index (χ4n) is 3.21. The van der Waals surface area contributed by atoms with Gasteiger partial charge in [-0.15, -0.1) is 16.8 Å². The van der Waals surface area contributed by atoms with Crippen LogP contribution in [0.25, 0.3) is 0 Å². The van der Waals surface area contributed by atoms with Gasteiger partial charge in [0.05, 0.1) is 12.2 Å². The number of carbonyl (C=O) groups is 2. The maximum Gasteiger partial charge on any atom is 0.234 e. The number of rotatable bonds is 10. The van der Waals surface area contributed by atoms with Gasteiger partial charge >= 0.3 is 0 Å². The van der Waals surface area contributed by atoms with Crippen molar-refractivity contribution in [2.75, 3.05) is 16.4 Å². The molecule has 0 saturated heterocycles. The predicted octanol–water partition coefficient (Wildman–Crippen LogP) is 4.25. The highest BCUT2D eigenvalue weighted by molar-refractivity contribution is 7.99. The molecule has 0 aliphatic rings. The summed E-state index contributed by atoms with van der Waals surface area (Å²) in [6.45, 7) is 8.25. The molecule has 1 aromatic heterocycles. The molecule has 7 nitrogen and oxygen atoms in total. The lowest BCUT2D eigenvalue weighted by molar-refractivity contribution is -0.116. The van der Waals surface area contributed by atoms with Crippen molar-refractivity contribution >= 4 is 35.0 Å². The number of carbonyl (C=O) groups excluding carboxylic acids is 2. The SMILES string of the molecule is C=CCn1c(CC(=O)Nc2ccccc2CC)nnc1SCC(=O)Nc1cccc(C)c1. The second kappa shape index (κ2) is 11.3. The summed E-state index contributed by atoms with van der Waals surface area (Å²) in [7, 11) is 0. The van der Waals surface area contributed by atoms with Crippen molar-refractivity contribution in [1.82, 2.24) is 14.8 Å². The van der Waals surface area contributed by atoms with Gasteiger partial charge in [-0.3, -0.25) is 9.59 Å². The molecule has 0 spiro atoms. The minimum absolute atomic E-state index is 0.0783. The quantitative estimate of drug-likeness (QED) is 0.357. The van der Waals surface area contributed by atoms with E-state index in [1.54, 1.807) is 6.08 Å². The van der Waals surface area contributed by atoms with E-state index in [9.17, 15) is 9.59 Å². The van der Waals surface area contributed by atoms with Gasteiger partial charge in [0, 0.05) is 17.9 Å². The molecule has 2 amide bonds. The molecule has 0 bridgehead atoms. The van der Waals surface area contributed by atoms with Crippen molar-refractivity contribution in [2.45, 2.75) is 38.4 Å². The number of aryl methyl sites for hydroxylation is 2. The van der Waals surface area contributed by atoms with Crippen LogP contribution in [0, 0.1) is 6.92 Å². The van der Waals surface area contributed by atoms with E-state index in [0.29, 0.717) is 17.5 Å². The molecule has 0 aliphatic heterocycles. The highest BCUT2D eigenvalue weighted by Gasteiger charge is 2.17. The van der Waals surface area contributed by atoms with Crippen LogP contribution in [0.3, 0.4) is 0 Å². The Morgan fingerprint density at radius 3 is 2.66 bits per heavy atom. The van der Waals surface area contributed by atoms with Crippen LogP contribution in [0.15, 0.2) is 66.3 Å². The molecule has 3 aromatic rings. The predicted molar refractivity (Wildman–Crippen MR) is 129 cm³/mol. The van der Waals surface area contributed by atoms with E-state index in [1.165, 1.54) is 11.8 Å². The molecule has 2 N–H and O–H groups in total. The van der Waals surface area contributed by atoms with Crippen molar-refractivity contribution in [2.24, 2.45) is 0 Å². The van der Waals surface area contributed by atoms with Crippen LogP contribution in [0.2, 0.25) is 0 Å². The van der Waals surface area contributed by atoms with Crippen LogP contribution in [0.1, 0.15) is 23.9 Å². The van der Waals surface area contributed by atoms with Crippen molar-refractivity contribution in [1.29, 1.82) is 0 Å². The van der Waals surface area contributed by atoms with Crippen molar-refractivity contribution < 1.29 is 9.59 Å². The van der Waals surface area contributed by atoms with Gasteiger partial charge in [0.1, 0.15) is 5.82 Å². The summed E-state index contributed by atoms with van der Waals surface area (Å²) in [4.78, 5) is 25.0. The van der Waals surface area contributed by atoms with Crippen LogP contribution in [0.5, 0.6) is 0 Å². The number of hydrogen-bond donors (Lipinski definition) is 2. The average Bonchev–Trinajstić information content (AvgIpc) is 3.14. The third kappa shape index (κ3) is 6.31. The zero-order chi connectivity index (χ0) is 22.9. The van der Waals surface area contributed by atoms with Crippen LogP contribution < -0.4 is 10.6 Å². The Balaban J connectivity index is 1.63. The van der Waals surface area contributed by atoms with Gasteiger partial charge in [-0.1, -0.05) is 55.1 Å². The molecule has 0 saturated carbocycles. The number of hydrogen-bond acceptors (Lipinski definition) is 5. The second-order valence-corrected chi connectivity index (χ2v) is 8.18. The summed E-state index contributed by atoms with van der Waals surface area (Å²) in [5.41, 5.74) is 3.71. The summed E-state index contributed by atoms with van der Waals surface area (Å²) in [5, 5.41) is 14.8. The van der Waals surface area contributed by atoms with Crippen molar-refractivity contribution in [3.8, 4) is 0 Å². The summed E-state index contributed by atoms with van der Waals surface area (Å²) >= 11 is 1.27. The largest absolute Gasteiger partial charge is 0.325 e. The van der Waals surface area contributed by atoms with Crippen molar-refractivity contribution in [3.63, 3.8) is 0 Å². The molecule has 1 heterocycles. The van der Waals surface area contributed by atoms with Gasteiger partial charge < -0.3 is 15.2 Å². The molecule has 0 radical (unpaired) electrons. The van der Waals surface area contributed by atoms with E-state index in [0.717, 1.165) is 28.9 Å². The first-order chi connectivity index (χ1) is 15.5. The lowest BCUT2D eigenvalue weighted by Gasteiger charge is -2.11. The maximum atomic E-state index is 12.6. The molecule has 3 rings (SSSR count). The van der Waals surface area contributed by atoms with E-state index < -0.39 is 0 Å². The second-order valence-electron chi connectivity index (χ2n) is 7.24. The number of nitrogens with one attached hydrogen (secondary N) is 2. The maximum absolute atomic E-state index is 12.6. The monoisotopic (exact) mass is 449 g/mol. The molecule has 0 atom stereocenters. The van der Waals surface area contributed by atoms with E-state index in [1.807, 2.05) is 66.9 Å². The van der Waals surface area contributed by atoms with Gasteiger partial charge in [0.25, 0.3) is 0 Å². The average molecular weight is 450 g/mol. The molecule has 166 valence electrons. The topological polar surface area (TPSA) is 88.9 Å². The number of thioether (sulfide) groups is 1. The van der Waals surface area contributed by atoms with Gasteiger partial charge in [0.15, 0.2) is 5.16 Å². The summed E-state index contributed by atoms with van der Waals surface area (Å²) in [6.07, 6.45) is 2.62. The van der Waals surface area contributed by atoms with E-state index in [4.69, 9.17) is 0 Å². The number of anilines is 2. The van der Waals surface area contributed by atoms with Gasteiger partial charge in [-0.2, -0.15) is 0 Å². The number of aromatic nitrogens is 3. The standard InChI is InChI=1S/C24H27N5O2S/c1-4-13-29-21(15-22(30)26-20-12-7-6-10-18(20)5-2)27-28-24(29)32-16-23(31)25-19-11-8-9-17(3)14-19/h4,6-12,14H,1,5,13,15-16H2,2-3H3,(H,25,31)(H,26,30). The third-order valence-corrected chi connectivity index (χ3v) is 5.70. The van der Waals surface area contributed by atoms with Crippen LogP contribution >= 0.6 is 11.8 Å². The minimum Gasteiger partial charge on any atom is -0.325 e. The Morgan fingerprint density at radius 2 is 1.91 bits per heavy atom. The summed E-state index contributed by atoms with van der Waals surface area (Å²) < 4.78 is 1.81. The van der Waals surface area contributed by atoms with Crippen LogP contribution in [-0.4, -0.2) is 32.3 Å². The molecule has 0 aliphatic carbocycles. The Kier molecular flexibility index (Phi) is 8.21. The van der Waals surface area contributed by atoms with Crippen LogP contribution in [-0.2, 0) is 29.0 Å². The molecule has 2 aromatic carbocycles. The van der Waals surface area contributed by atoms with E-state index in [2.05, 4.69) is 27.4 Å². The number of allylic oxidation sites excluding steroid dienone is 1. The molecule has 0 fully saturated rings. The van der Waals surface area contributed by atoms with Gasteiger partial charge in [-0.25, -0.2) is 0 Å². The Morgan fingerprint density at radius 1 is 1.09 bits per heavy atom. The normalized spacial score (nSPS) is 10.6. The first kappa shape index (κ1) is 23.3. The van der Waals surface area contributed by atoms with E-state index in [-0.39, 0.29) is 24.0 Å². The van der Waals surface area contributed by atoms with Crippen molar-refractivity contribution in [3.05, 3.63) is 78.1 Å². The smallest absolute Gasteiger partial charge is 0.234 e. The van der Waals surface area contributed by atoms with E-state index >= 15 is 0 Å². The third-order valence-electron chi connectivity index (χ3n) is 4.73. The highest BCUT2D eigenvalue weighted by Crippen LogP contribution is 2.20. The molecule has 32 heavy (non-hydrogen) atoms. The Bertz CT molecular complexity index is 1110. The van der Waals surface area contributed by atoms with Gasteiger partial charge in [0.2, 0.25) is 11.8 Å². The molecule has 0 unspecified atom stereocenters. The first-order valence-corrected chi connectivity index (χ1v) is 11.4. The fraction of sp³-hybridized carbons (Fsp3) is 0.250. The first-order valence-electron chi connectivity index (χ1n) is 10.4. The van der Waals surface area contributed by atoms with Crippen LogP contribution in [0.4, 0.5) is 11.4 Å². The summed E-state index contributed by atoms with van der Waals surface area (Å²) in [5.74, 6) is 0.402. The van der Waals surface area contributed by atoms with Gasteiger partial charge in [-0.05, 0) is 42.7 Å². The molecular weight excluding hydrogens is 422 g/mol. The number of benzene rings is 2. The Labute approximate surface area is 192 Å². The lowest BCUT2D eigenvalue weighted by atomic mass is 10.1. The fourth-order valence-corrected chi connectivity index (χ4v) is 3.97. The number of para-hydroxylation sites is 1. The lowest BCUT2D eigenvalue weighted by Crippen LogP contribution is -2.19.